The third-order valence-corrected chi connectivity index (χ3v) is 4.23. The van der Waals surface area contributed by atoms with Gasteiger partial charge in [-0.2, -0.15) is 11.8 Å². The zero-order valence-electron chi connectivity index (χ0n) is 12.8. The number of thioether (sulfide) groups is 1. The van der Waals surface area contributed by atoms with Crippen molar-refractivity contribution in [2.75, 3.05) is 23.3 Å². The number of rotatable bonds is 6. The predicted molar refractivity (Wildman–Crippen MR) is 89.5 cm³/mol. The lowest BCUT2D eigenvalue weighted by Gasteiger charge is -2.17. The minimum Gasteiger partial charge on any atom is -0.351 e. The van der Waals surface area contributed by atoms with Gasteiger partial charge in [0.05, 0.1) is 6.26 Å². The first kappa shape index (κ1) is 17.8. The van der Waals surface area contributed by atoms with Gasteiger partial charge in [-0.05, 0) is 18.2 Å². The van der Waals surface area contributed by atoms with E-state index in [-0.39, 0.29) is 10.7 Å². The van der Waals surface area contributed by atoms with E-state index >= 15 is 0 Å². The second-order valence-electron chi connectivity index (χ2n) is 5.67. The van der Waals surface area contributed by atoms with Crippen molar-refractivity contribution in [3.05, 3.63) is 29.8 Å². The molecule has 5 nitrogen and oxygen atoms in total. The first-order valence-electron chi connectivity index (χ1n) is 6.57. The second kappa shape index (κ2) is 7.17. The molecule has 1 amide bonds. The van der Waals surface area contributed by atoms with E-state index in [9.17, 15) is 13.2 Å². The smallest absolute Gasteiger partial charge is 0.251 e. The van der Waals surface area contributed by atoms with Gasteiger partial charge in [-0.3, -0.25) is 9.52 Å². The number of hydrogen-bond acceptors (Lipinski definition) is 4. The molecule has 0 aliphatic heterocycles. The standard InChI is InChI=1S/C14H22N2O3S2/c1-14(2,3)20-9-8-15-13(17)11-6-5-7-12(10-11)16-21(4,18)19/h5-7,10,16H,8-9H2,1-4H3,(H,15,17). The number of carbonyl (C=O) groups is 1. The maximum atomic E-state index is 12.0. The number of nitrogens with one attached hydrogen (secondary N) is 2. The Balaban J connectivity index is 2.57. The molecule has 1 aromatic carbocycles. The molecule has 0 aromatic heterocycles. The van der Waals surface area contributed by atoms with E-state index in [1.165, 1.54) is 6.07 Å². The minimum absolute atomic E-state index is 0.171. The Bertz CT molecular complexity index is 592. The van der Waals surface area contributed by atoms with Crippen LogP contribution in [0.3, 0.4) is 0 Å². The van der Waals surface area contributed by atoms with Crippen LogP contribution in [0.15, 0.2) is 24.3 Å². The van der Waals surface area contributed by atoms with Crippen LogP contribution in [-0.4, -0.2) is 37.6 Å². The fraction of sp³-hybridized carbons (Fsp3) is 0.500. The van der Waals surface area contributed by atoms with Crippen LogP contribution in [0.4, 0.5) is 5.69 Å². The predicted octanol–water partition coefficient (Wildman–Crippen LogP) is 2.32. The van der Waals surface area contributed by atoms with E-state index in [0.717, 1.165) is 12.0 Å². The van der Waals surface area contributed by atoms with E-state index < -0.39 is 10.0 Å². The van der Waals surface area contributed by atoms with E-state index in [4.69, 9.17) is 0 Å². The summed E-state index contributed by atoms with van der Waals surface area (Å²) in [5.41, 5.74) is 0.818. The van der Waals surface area contributed by atoms with Gasteiger partial charge in [0.25, 0.3) is 5.91 Å². The highest BCUT2D eigenvalue weighted by molar-refractivity contribution is 8.00. The molecule has 2 N–H and O–H groups in total. The van der Waals surface area contributed by atoms with Crippen LogP contribution in [0.5, 0.6) is 0 Å². The van der Waals surface area contributed by atoms with Crippen LogP contribution in [0.2, 0.25) is 0 Å². The number of hydrogen-bond donors (Lipinski definition) is 2. The van der Waals surface area contributed by atoms with Crippen LogP contribution < -0.4 is 10.0 Å². The lowest BCUT2D eigenvalue weighted by atomic mass is 10.2. The molecule has 0 saturated carbocycles. The molecular weight excluding hydrogens is 308 g/mol. The molecule has 1 aromatic rings. The summed E-state index contributed by atoms with van der Waals surface area (Å²) in [7, 11) is -3.34. The summed E-state index contributed by atoms with van der Waals surface area (Å²) >= 11 is 1.78. The van der Waals surface area contributed by atoms with Crippen molar-refractivity contribution in [2.45, 2.75) is 25.5 Å². The lowest BCUT2D eigenvalue weighted by molar-refractivity contribution is 0.0956. The Morgan fingerprint density at radius 1 is 1.29 bits per heavy atom. The molecule has 7 heteroatoms. The topological polar surface area (TPSA) is 75.3 Å². The molecular formula is C14H22N2O3S2. The Labute approximate surface area is 130 Å². The molecule has 0 aliphatic rings. The van der Waals surface area contributed by atoms with Crippen molar-refractivity contribution in [1.29, 1.82) is 0 Å². The van der Waals surface area contributed by atoms with Gasteiger partial charge in [0.2, 0.25) is 10.0 Å². The SMILES string of the molecule is CC(C)(C)SCCNC(=O)c1cccc(NS(C)(=O)=O)c1. The van der Waals surface area contributed by atoms with Gasteiger partial charge in [0.15, 0.2) is 0 Å². The van der Waals surface area contributed by atoms with Crippen molar-refractivity contribution < 1.29 is 13.2 Å². The number of anilines is 1. The van der Waals surface area contributed by atoms with Crippen LogP contribution >= 0.6 is 11.8 Å². The largest absolute Gasteiger partial charge is 0.351 e. The Hall–Kier alpha value is -1.21. The van der Waals surface area contributed by atoms with Gasteiger partial charge in [0.1, 0.15) is 0 Å². The van der Waals surface area contributed by atoms with Crippen LogP contribution in [0.1, 0.15) is 31.1 Å². The van der Waals surface area contributed by atoms with Crippen LogP contribution in [0, 0.1) is 0 Å². The average Bonchev–Trinajstić information content (AvgIpc) is 2.31. The van der Waals surface area contributed by atoms with Gasteiger partial charge in [-0.15, -0.1) is 0 Å². The molecule has 0 bridgehead atoms. The number of amides is 1. The molecule has 1 rings (SSSR count). The third kappa shape index (κ3) is 7.96. The second-order valence-corrected chi connectivity index (χ2v) is 9.34. The number of sulfonamides is 1. The Kier molecular flexibility index (Phi) is 6.10. The van der Waals surface area contributed by atoms with Crippen molar-refractivity contribution in [2.24, 2.45) is 0 Å². The van der Waals surface area contributed by atoms with Gasteiger partial charge >= 0.3 is 0 Å². The highest BCUT2D eigenvalue weighted by Crippen LogP contribution is 2.22. The first-order chi connectivity index (χ1) is 9.57. The summed E-state index contributed by atoms with van der Waals surface area (Å²) in [5.74, 6) is 0.623. The molecule has 0 radical (unpaired) electrons. The minimum atomic E-state index is -3.34. The molecule has 118 valence electrons. The zero-order valence-corrected chi connectivity index (χ0v) is 14.4. The highest BCUT2D eigenvalue weighted by atomic mass is 32.2. The van der Waals surface area contributed by atoms with Gasteiger partial charge in [-0.1, -0.05) is 26.8 Å². The molecule has 0 spiro atoms. The highest BCUT2D eigenvalue weighted by Gasteiger charge is 2.11. The van der Waals surface area contributed by atoms with Crippen molar-refractivity contribution in [1.82, 2.24) is 5.32 Å². The lowest BCUT2D eigenvalue weighted by Crippen LogP contribution is -2.27. The molecule has 21 heavy (non-hydrogen) atoms. The van der Waals surface area contributed by atoms with Crippen LogP contribution in [0.25, 0.3) is 0 Å². The van der Waals surface area contributed by atoms with Crippen molar-refractivity contribution in [3.63, 3.8) is 0 Å². The number of carbonyl (C=O) groups excluding carboxylic acids is 1. The summed E-state index contributed by atoms with van der Waals surface area (Å²) < 4.78 is 24.9. The van der Waals surface area contributed by atoms with E-state index in [1.807, 2.05) is 0 Å². The van der Waals surface area contributed by atoms with Gasteiger partial charge in [0, 0.05) is 28.3 Å². The maximum absolute atomic E-state index is 12.0. The van der Waals surface area contributed by atoms with E-state index in [0.29, 0.717) is 17.8 Å². The maximum Gasteiger partial charge on any atom is 0.251 e. The normalized spacial score (nSPS) is 12.0. The molecule has 0 unspecified atom stereocenters. The summed E-state index contributed by atoms with van der Waals surface area (Å²) in [6.07, 6.45) is 1.07. The summed E-state index contributed by atoms with van der Waals surface area (Å²) in [6.45, 7) is 6.95. The van der Waals surface area contributed by atoms with Crippen molar-refractivity contribution >= 4 is 33.4 Å². The molecule has 0 atom stereocenters. The van der Waals surface area contributed by atoms with E-state index in [1.54, 1.807) is 30.0 Å². The molecule has 0 aliphatic carbocycles. The monoisotopic (exact) mass is 330 g/mol. The quantitative estimate of drug-likeness (QED) is 0.785. The fourth-order valence-electron chi connectivity index (χ4n) is 1.56. The van der Waals surface area contributed by atoms with Crippen LogP contribution in [-0.2, 0) is 10.0 Å². The number of benzene rings is 1. The summed E-state index contributed by atoms with van der Waals surface area (Å²) in [5, 5.41) is 2.82. The Morgan fingerprint density at radius 2 is 1.95 bits per heavy atom. The van der Waals surface area contributed by atoms with Gasteiger partial charge in [-0.25, -0.2) is 8.42 Å². The molecule has 0 fully saturated rings. The fourth-order valence-corrected chi connectivity index (χ4v) is 2.93. The van der Waals surface area contributed by atoms with Gasteiger partial charge < -0.3 is 5.32 Å². The summed E-state index contributed by atoms with van der Waals surface area (Å²) in [4.78, 5) is 12.0. The zero-order chi connectivity index (χ0) is 16.1. The van der Waals surface area contributed by atoms with E-state index in [2.05, 4.69) is 30.8 Å². The van der Waals surface area contributed by atoms with Crippen molar-refractivity contribution in [3.8, 4) is 0 Å². The Morgan fingerprint density at radius 3 is 2.52 bits per heavy atom. The first-order valence-corrected chi connectivity index (χ1v) is 9.44. The molecule has 0 heterocycles. The third-order valence-electron chi connectivity index (χ3n) is 2.35. The average molecular weight is 330 g/mol. The molecule has 0 saturated heterocycles. The summed E-state index contributed by atoms with van der Waals surface area (Å²) in [6, 6.07) is 6.42.